The van der Waals surface area contributed by atoms with Gasteiger partial charge in [0.25, 0.3) is 0 Å². The lowest BCUT2D eigenvalue weighted by molar-refractivity contribution is -0.147. The maximum absolute atomic E-state index is 16.1. The van der Waals surface area contributed by atoms with Gasteiger partial charge in [-0.25, -0.2) is 9.59 Å². The van der Waals surface area contributed by atoms with E-state index in [2.05, 4.69) is 43.3 Å². The third kappa shape index (κ3) is 13.9. The van der Waals surface area contributed by atoms with Gasteiger partial charge in [0, 0.05) is 41.5 Å². The summed E-state index contributed by atoms with van der Waals surface area (Å²) in [6.45, 7) is 26.9. The Morgan fingerprint density at radius 1 is 0.769 bits per heavy atom. The summed E-state index contributed by atoms with van der Waals surface area (Å²) < 4.78 is 21.2. The fourth-order valence-electron chi connectivity index (χ4n) is 9.66. The predicted octanol–water partition coefficient (Wildman–Crippen LogP) is 10.9. The third-order valence-electron chi connectivity index (χ3n) is 15.3. The second-order valence-electron chi connectivity index (χ2n) is 23.0. The number of carbonyl (C=O) groups excluding carboxylic acids is 5. The molecule has 1 aliphatic carbocycles. The number of likely N-dealkylation sites (N-methyl/N-ethyl adjacent to an activating group) is 1. The minimum Gasteiger partial charge on any atom is -0.480 e. The van der Waals surface area contributed by atoms with Crippen molar-refractivity contribution in [3.8, 4) is 11.1 Å². The smallest absolute Gasteiger partial charge is 0.407 e. The van der Waals surface area contributed by atoms with Gasteiger partial charge in [0.2, 0.25) is 17.7 Å². The van der Waals surface area contributed by atoms with E-state index in [1.165, 1.54) is 18.9 Å². The van der Waals surface area contributed by atoms with E-state index in [1.54, 1.807) is 44.2 Å². The van der Waals surface area contributed by atoms with Gasteiger partial charge in [0.1, 0.15) is 36.9 Å². The summed E-state index contributed by atoms with van der Waals surface area (Å²) in [5.41, 5.74) is 6.06. The maximum atomic E-state index is 16.1. The quantitative estimate of drug-likeness (QED) is 0.0278. The van der Waals surface area contributed by atoms with Crippen molar-refractivity contribution < 1.29 is 47.8 Å². The lowest BCUT2D eigenvalue weighted by atomic mass is 9.95. The topological polar surface area (TPSA) is 195 Å². The highest BCUT2D eigenvalue weighted by atomic mass is 28.4. The highest BCUT2D eigenvalue weighted by Gasteiger charge is 2.47. The monoisotopic (exact) mass is 1080 g/mol. The number of benzene rings is 4. The number of aromatic nitrogens is 1. The molecule has 6 rings (SSSR count). The molecule has 15 nitrogen and oxygen atoms in total. The number of nitrogens with one attached hydrogen (secondary N) is 3. The molecule has 0 spiro atoms. The molecule has 78 heavy (non-hydrogen) atoms. The average molecular weight is 1080 g/mol. The first-order valence-electron chi connectivity index (χ1n) is 26.7. The van der Waals surface area contributed by atoms with E-state index in [1.807, 2.05) is 137 Å². The first-order chi connectivity index (χ1) is 36.7. The number of rotatable bonds is 23. The Morgan fingerprint density at radius 2 is 1.35 bits per heavy atom. The van der Waals surface area contributed by atoms with Crippen molar-refractivity contribution in [1.29, 1.82) is 0 Å². The molecule has 0 aliphatic heterocycles. The van der Waals surface area contributed by atoms with Gasteiger partial charge in [0.15, 0.2) is 8.32 Å². The number of nitrogens with zero attached hydrogens (tertiary/aromatic N) is 2. The van der Waals surface area contributed by atoms with Gasteiger partial charge in [-0.2, -0.15) is 0 Å². The van der Waals surface area contributed by atoms with E-state index in [0.717, 1.165) is 38.7 Å². The van der Waals surface area contributed by atoms with Crippen LogP contribution in [0.15, 0.2) is 134 Å². The standard InChI is InChI=1S/C62H79N5O10Si/c1-15-62(10,11)67-35-48(47-31-23-24-32-50(47)67)54(77-78(13,14)61(7,8)9)53(57(70)66(12)51(55(68)63-41(6)58(71)72)34-39(4)36-75-59(73)42-25-17-16-18-26-42)64-56(69)52(40(5)33-38(2)3)65-60(74)76-37-49-45-29-21-19-27-43(45)44-28-20-22-30-46(44)49/h15-33,35,39-41,49,51-54H,1,34,36-37H2,2-14H3,(H,63,68)(H,64,69)(H,65,74)(H,71,72)/t39-,40-,41+,51+,52+,53+,54-/m1/s1. The zero-order chi connectivity index (χ0) is 57.4. The van der Waals surface area contributed by atoms with Crippen LogP contribution in [0.5, 0.6) is 0 Å². The summed E-state index contributed by atoms with van der Waals surface area (Å²) in [5, 5.41) is 18.7. The largest absolute Gasteiger partial charge is 0.480 e. The van der Waals surface area contributed by atoms with Gasteiger partial charge in [-0.05, 0) is 106 Å². The molecule has 416 valence electrons. The third-order valence-corrected chi connectivity index (χ3v) is 19.7. The number of amides is 4. The van der Waals surface area contributed by atoms with Gasteiger partial charge >= 0.3 is 18.0 Å². The van der Waals surface area contributed by atoms with Crippen molar-refractivity contribution in [2.24, 2.45) is 11.8 Å². The Bertz CT molecular complexity index is 2980. The van der Waals surface area contributed by atoms with Crippen LogP contribution in [0.4, 0.5) is 4.79 Å². The Labute approximate surface area is 460 Å². The molecule has 16 heteroatoms. The number of hydrogen-bond donors (Lipinski definition) is 4. The minimum absolute atomic E-state index is 0.0154. The summed E-state index contributed by atoms with van der Waals surface area (Å²) in [6.07, 6.45) is 3.41. The van der Waals surface area contributed by atoms with Crippen molar-refractivity contribution in [2.45, 2.75) is 136 Å². The Balaban J connectivity index is 1.46. The van der Waals surface area contributed by atoms with E-state index >= 15 is 9.59 Å². The van der Waals surface area contributed by atoms with E-state index in [0.29, 0.717) is 11.1 Å². The van der Waals surface area contributed by atoms with Crippen LogP contribution < -0.4 is 16.0 Å². The molecule has 0 unspecified atom stereocenters. The average Bonchev–Trinajstić information content (AvgIpc) is 3.98. The van der Waals surface area contributed by atoms with Crippen molar-refractivity contribution >= 4 is 55.0 Å². The Hall–Kier alpha value is -7.30. The fourth-order valence-corrected chi connectivity index (χ4v) is 10.9. The summed E-state index contributed by atoms with van der Waals surface area (Å²) in [7, 11) is -1.53. The molecule has 0 saturated carbocycles. The molecule has 1 aromatic heterocycles. The molecule has 7 atom stereocenters. The van der Waals surface area contributed by atoms with E-state index in [-0.39, 0.29) is 25.6 Å². The molecule has 1 aliphatic rings. The second kappa shape index (κ2) is 25.0. The van der Waals surface area contributed by atoms with Crippen molar-refractivity contribution in [3.05, 3.63) is 156 Å². The maximum Gasteiger partial charge on any atom is 0.407 e. The number of aliphatic carboxylic acids is 1. The van der Waals surface area contributed by atoms with Crippen LogP contribution in [-0.4, -0.2) is 103 Å². The number of para-hydroxylation sites is 1. The number of esters is 1. The fraction of sp³-hybridized carbons (Fsp3) is 0.419. The molecular formula is C62H79N5O10Si. The van der Waals surface area contributed by atoms with Gasteiger partial charge in [-0.1, -0.05) is 137 Å². The van der Waals surface area contributed by atoms with Crippen molar-refractivity contribution in [2.75, 3.05) is 20.3 Å². The van der Waals surface area contributed by atoms with Crippen LogP contribution in [-0.2, 0) is 38.6 Å². The minimum atomic E-state index is -2.95. The molecular weight excluding hydrogens is 1000 g/mol. The number of carbonyl (C=O) groups is 6. The molecule has 0 radical (unpaired) electrons. The van der Waals surface area contributed by atoms with Gasteiger partial charge in [-0.3, -0.25) is 19.2 Å². The number of hydrogen-bond acceptors (Lipinski definition) is 9. The highest BCUT2D eigenvalue weighted by Crippen LogP contribution is 2.45. The van der Waals surface area contributed by atoms with Crippen LogP contribution in [0, 0.1) is 11.8 Å². The molecule has 4 N–H and O–H groups in total. The number of ether oxygens (including phenoxy) is 2. The molecule has 0 saturated heterocycles. The molecule has 0 fully saturated rings. The summed E-state index contributed by atoms with van der Waals surface area (Å²) in [5.74, 6) is -5.60. The Morgan fingerprint density at radius 3 is 1.92 bits per heavy atom. The summed E-state index contributed by atoms with van der Waals surface area (Å²) >= 11 is 0. The molecule has 0 bridgehead atoms. The summed E-state index contributed by atoms with van der Waals surface area (Å²) in [6, 6.07) is 26.5. The zero-order valence-corrected chi connectivity index (χ0v) is 48.5. The Kier molecular flexibility index (Phi) is 19.2. The highest BCUT2D eigenvalue weighted by molar-refractivity contribution is 6.74. The summed E-state index contributed by atoms with van der Waals surface area (Å²) in [4.78, 5) is 86.8. The van der Waals surface area contributed by atoms with Crippen molar-refractivity contribution in [3.63, 3.8) is 0 Å². The van der Waals surface area contributed by atoms with Crippen LogP contribution in [0.2, 0.25) is 18.1 Å². The number of fused-ring (bicyclic) bond motifs is 4. The van der Waals surface area contributed by atoms with Crippen LogP contribution in [0.25, 0.3) is 22.0 Å². The lowest BCUT2D eigenvalue weighted by Gasteiger charge is -2.42. The SMILES string of the molecule is C=CC(C)(C)n1cc([C@@H](O[Si](C)(C)C(C)(C)C)[C@H](NC(=O)[C@@H](NC(=O)OCC2c3ccccc3-c3ccccc32)[C@H](C)C=C(C)C)C(=O)N(C)[C@@H](C[C@@H](C)COC(=O)c2ccccc2)C(=O)N[C@@H](C)C(=O)O)c2ccccc21. The first kappa shape index (κ1) is 59.9. The predicted molar refractivity (Wildman–Crippen MR) is 307 cm³/mol. The zero-order valence-electron chi connectivity index (χ0n) is 47.5. The van der Waals surface area contributed by atoms with Gasteiger partial charge in [-0.15, -0.1) is 6.58 Å². The second-order valence-corrected chi connectivity index (χ2v) is 27.8. The number of carboxylic acid groups (broad SMARTS) is 1. The van der Waals surface area contributed by atoms with Crippen LogP contribution in [0.1, 0.15) is 115 Å². The first-order valence-corrected chi connectivity index (χ1v) is 29.6. The van der Waals surface area contributed by atoms with E-state index in [9.17, 15) is 24.3 Å². The van der Waals surface area contributed by atoms with Gasteiger partial charge in [0.05, 0.1) is 17.7 Å². The van der Waals surface area contributed by atoms with E-state index < -0.39 is 96.8 Å². The molecule has 4 amide bonds. The van der Waals surface area contributed by atoms with E-state index in [4.69, 9.17) is 13.9 Å². The number of alkyl carbamates (subject to hydrolysis) is 1. The normalized spacial score (nSPS) is 15.2. The van der Waals surface area contributed by atoms with Crippen molar-refractivity contribution in [1.82, 2.24) is 25.4 Å². The van der Waals surface area contributed by atoms with Gasteiger partial charge < -0.3 is 44.4 Å². The number of carboxylic acids is 1. The lowest BCUT2D eigenvalue weighted by Crippen LogP contribution is -2.61. The number of allylic oxidation sites excluding steroid dienone is 2. The molecule has 4 aromatic carbocycles. The molecule has 1 heterocycles. The van der Waals surface area contributed by atoms with Crippen LogP contribution >= 0.6 is 0 Å². The molecule has 5 aromatic rings. The van der Waals surface area contributed by atoms with Crippen LogP contribution in [0.3, 0.4) is 0 Å².